The molecule has 4 rings (SSSR count). The number of hydrogen-bond acceptors (Lipinski definition) is 5. The van der Waals surface area contributed by atoms with Crippen molar-refractivity contribution in [2.24, 2.45) is 9.98 Å². The van der Waals surface area contributed by atoms with Crippen molar-refractivity contribution in [2.45, 2.75) is 33.6 Å². The highest BCUT2D eigenvalue weighted by atomic mass is 32.2. The average molecular weight is 472 g/mol. The Hall–Kier alpha value is -3.38. The van der Waals surface area contributed by atoms with E-state index >= 15 is 0 Å². The first kappa shape index (κ1) is 23.8. The van der Waals surface area contributed by atoms with Crippen molar-refractivity contribution in [3.63, 3.8) is 0 Å². The van der Waals surface area contributed by atoms with Crippen LogP contribution >= 0.6 is 11.8 Å². The van der Waals surface area contributed by atoms with Crippen molar-refractivity contribution in [1.82, 2.24) is 0 Å². The van der Waals surface area contributed by atoms with E-state index in [2.05, 4.69) is 38.2 Å². The summed E-state index contributed by atoms with van der Waals surface area (Å²) in [6.45, 7) is 6.27. The van der Waals surface area contributed by atoms with Gasteiger partial charge >= 0.3 is 0 Å². The van der Waals surface area contributed by atoms with E-state index in [9.17, 15) is 4.79 Å². The SMILES string of the molecule is CCc1ccc(NC(=O)CSC2=Nc3cc(C)c(C)cc3N=C(c3ccc(OC)cc3)C2)cc1. The molecule has 0 fully saturated rings. The molecule has 1 aliphatic rings. The third-order valence-corrected chi connectivity index (χ3v) is 6.82. The molecular weight excluding hydrogens is 442 g/mol. The fraction of sp³-hybridized carbons (Fsp3) is 0.250. The summed E-state index contributed by atoms with van der Waals surface area (Å²) < 4.78 is 5.30. The summed E-state index contributed by atoms with van der Waals surface area (Å²) in [6.07, 6.45) is 1.53. The standard InChI is InChI=1S/C28H29N3O2S/c1-5-20-6-10-22(11-7-20)29-27(32)17-34-28-16-24(21-8-12-23(33-4)13-9-21)30-25-14-18(2)19(3)15-26(25)31-28/h6-15H,5,16-17H2,1-4H3,(H,29,32). The summed E-state index contributed by atoms with van der Waals surface area (Å²) in [7, 11) is 1.66. The number of carbonyl (C=O) groups is 1. The molecule has 34 heavy (non-hydrogen) atoms. The first-order chi connectivity index (χ1) is 16.4. The van der Waals surface area contributed by atoms with Gasteiger partial charge in [-0.1, -0.05) is 19.1 Å². The lowest BCUT2D eigenvalue weighted by molar-refractivity contribution is -0.113. The molecule has 0 bridgehead atoms. The van der Waals surface area contributed by atoms with Gasteiger partial charge in [0.25, 0.3) is 0 Å². The highest BCUT2D eigenvalue weighted by Crippen LogP contribution is 2.36. The molecule has 0 saturated carbocycles. The summed E-state index contributed by atoms with van der Waals surface area (Å²) in [5.41, 5.74) is 8.03. The number of rotatable bonds is 6. The monoisotopic (exact) mass is 471 g/mol. The van der Waals surface area contributed by atoms with Crippen molar-refractivity contribution >= 4 is 45.5 Å². The molecule has 1 amide bonds. The van der Waals surface area contributed by atoms with Crippen LogP contribution < -0.4 is 10.1 Å². The minimum atomic E-state index is -0.0514. The predicted molar refractivity (Wildman–Crippen MR) is 144 cm³/mol. The van der Waals surface area contributed by atoms with E-state index in [1.165, 1.54) is 28.5 Å². The molecule has 0 radical (unpaired) electrons. The van der Waals surface area contributed by atoms with Gasteiger partial charge in [-0.05, 0) is 91.1 Å². The van der Waals surface area contributed by atoms with Crippen LogP contribution in [0.25, 0.3) is 0 Å². The number of methoxy groups -OCH3 is 1. The van der Waals surface area contributed by atoms with E-state index in [1.54, 1.807) is 7.11 Å². The molecule has 1 N–H and O–H groups in total. The van der Waals surface area contributed by atoms with Gasteiger partial charge in [-0.3, -0.25) is 9.79 Å². The highest BCUT2D eigenvalue weighted by Gasteiger charge is 2.18. The largest absolute Gasteiger partial charge is 0.497 e. The number of anilines is 1. The molecule has 0 unspecified atom stereocenters. The van der Waals surface area contributed by atoms with Crippen LogP contribution in [0, 0.1) is 13.8 Å². The Morgan fingerprint density at radius 3 is 2.24 bits per heavy atom. The summed E-state index contributed by atoms with van der Waals surface area (Å²) in [6, 6.07) is 20.0. The number of aliphatic imine (C=N–C) groups is 2. The lowest BCUT2D eigenvalue weighted by atomic mass is 10.1. The third-order valence-electron chi connectivity index (χ3n) is 5.85. The molecule has 0 spiro atoms. The summed E-state index contributed by atoms with van der Waals surface area (Å²) in [5, 5.41) is 3.85. The maximum Gasteiger partial charge on any atom is 0.234 e. The van der Waals surface area contributed by atoms with Gasteiger partial charge in [0.1, 0.15) is 5.75 Å². The van der Waals surface area contributed by atoms with Gasteiger partial charge < -0.3 is 10.1 Å². The molecule has 5 nitrogen and oxygen atoms in total. The molecule has 0 saturated heterocycles. The maximum absolute atomic E-state index is 12.6. The third kappa shape index (κ3) is 5.75. The second-order valence-corrected chi connectivity index (χ2v) is 9.33. The van der Waals surface area contributed by atoms with Crippen molar-refractivity contribution in [3.8, 4) is 5.75 Å². The van der Waals surface area contributed by atoms with Gasteiger partial charge in [0, 0.05) is 12.1 Å². The zero-order valence-corrected chi connectivity index (χ0v) is 20.8. The van der Waals surface area contributed by atoms with Crippen LogP contribution in [0.15, 0.2) is 70.6 Å². The normalized spacial score (nSPS) is 12.8. The fourth-order valence-corrected chi connectivity index (χ4v) is 4.44. The maximum atomic E-state index is 12.6. The second kappa shape index (κ2) is 10.7. The molecule has 0 aliphatic carbocycles. The average Bonchev–Trinajstić information content (AvgIpc) is 3.02. The molecule has 1 heterocycles. The van der Waals surface area contributed by atoms with Crippen molar-refractivity contribution in [2.75, 3.05) is 18.2 Å². The number of benzene rings is 3. The Morgan fingerprint density at radius 2 is 1.62 bits per heavy atom. The van der Waals surface area contributed by atoms with Crippen LogP contribution in [0.5, 0.6) is 5.75 Å². The Morgan fingerprint density at radius 1 is 0.971 bits per heavy atom. The van der Waals surface area contributed by atoms with Crippen LogP contribution in [0.2, 0.25) is 0 Å². The number of fused-ring (bicyclic) bond motifs is 1. The number of ether oxygens (including phenoxy) is 1. The van der Waals surface area contributed by atoms with Crippen molar-refractivity contribution in [1.29, 1.82) is 0 Å². The van der Waals surface area contributed by atoms with Crippen LogP contribution in [0.4, 0.5) is 17.1 Å². The zero-order chi connectivity index (χ0) is 24.1. The molecule has 0 atom stereocenters. The Kier molecular flexibility index (Phi) is 7.48. The van der Waals surface area contributed by atoms with E-state index in [0.29, 0.717) is 6.42 Å². The molecule has 174 valence electrons. The number of hydrogen-bond donors (Lipinski definition) is 1. The number of amides is 1. The van der Waals surface area contributed by atoms with Gasteiger partial charge in [0.2, 0.25) is 5.91 Å². The molecule has 1 aliphatic heterocycles. The lowest BCUT2D eigenvalue weighted by Gasteiger charge is -2.09. The van der Waals surface area contributed by atoms with Gasteiger partial charge in [-0.2, -0.15) is 0 Å². The fourth-order valence-electron chi connectivity index (χ4n) is 3.67. The number of thioether (sulfide) groups is 1. The van der Waals surface area contributed by atoms with Crippen LogP contribution in [-0.2, 0) is 11.2 Å². The summed E-state index contributed by atoms with van der Waals surface area (Å²) >= 11 is 1.46. The highest BCUT2D eigenvalue weighted by molar-refractivity contribution is 8.14. The Bertz CT molecular complexity index is 1250. The Labute approximate surface area is 205 Å². The summed E-state index contributed by atoms with van der Waals surface area (Å²) in [5.74, 6) is 1.03. The van der Waals surface area contributed by atoms with E-state index < -0.39 is 0 Å². The number of aryl methyl sites for hydroxylation is 3. The van der Waals surface area contributed by atoms with Crippen molar-refractivity contribution in [3.05, 3.63) is 82.9 Å². The second-order valence-electron chi connectivity index (χ2n) is 8.28. The van der Waals surface area contributed by atoms with Gasteiger partial charge in [0.05, 0.1) is 35.0 Å². The van der Waals surface area contributed by atoms with Gasteiger partial charge in [0.15, 0.2) is 0 Å². The van der Waals surface area contributed by atoms with E-state index in [-0.39, 0.29) is 11.7 Å². The minimum Gasteiger partial charge on any atom is -0.497 e. The molecule has 3 aromatic carbocycles. The summed E-state index contributed by atoms with van der Waals surface area (Å²) in [4.78, 5) is 22.5. The first-order valence-electron chi connectivity index (χ1n) is 11.4. The molecule has 6 heteroatoms. The van der Waals surface area contributed by atoms with E-state index in [1.807, 2.05) is 48.5 Å². The topological polar surface area (TPSA) is 63.0 Å². The van der Waals surface area contributed by atoms with Crippen molar-refractivity contribution < 1.29 is 9.53 Å². The van der Waals surface area contributed by atoms with Gasteiger partial charge in [-0.25, -0.2) is 4.99 Å². The predicted octanol–water partition coefficient (Wildman–Crippen LogP) is 6.80. The quantitative estimate of drug-likeness (QED) is 0.430. The van der Waals surface area contributed by atoms with Crippen LogP contribution in [0.1, 0.15) is 35.6 Å². The number of nitrogens with one attached hydrogen (secondary N) is 1. The molecule has 0 aromatic heterocycles. The van der Waals surface area contributed by atoms with E-state index in [4.69, 9.17) is 14.7 Å². The van der Waals surface area contributed by atoms with Gasteiger partial charge in [-0.15, -0.1) is 11.8 Å². The Balaban J connectivity index is 1.55. The van der Waals surface area contributed by atoms with E-state index in [0.717, 1.165) is 45.6 Å². The molecule has 3 aromatic rings. The van der Waals surface area contributed by atoms with Crippen LogP contribution in [0.3, 0.4) is 0 Å². The number of nitrogens with zero attached hydrogens (tertiary/aromatic N) is 2. The lowest BCUT2D eigenvalue weighted by Crippen LogP contribution is -2.16. The minimum absolute atomic E-state index is 0.0514. The van der Waals surface area contributed by atoms with Crippen LogP contribution in [-0.4, -0.2) is 29.5 Å². The number of carbonyl (C=O) groups excluding carboxylic acids is 1. The zero-order valence-electron chi connectivity index (χ0n) is 20.0. The molecular formula is C28H29N3O2S. The first-order valence-corrected chi connectivity index (χ1v) is 12.4. The smallest absolute Gasteiger partial charge is 0.234 e.